The number of carbonyl (C=O) groups excluding carboxylic acids is 1. The molecular formula is C15H18BrNO. The van der Waals surface area contributed by atoms with E-state index in [0.717, 1.165) is 17.5 Å². The van der Waals surface area contributed by atoms with Gasteiger partial charge in [0.15, 0.2) is 5.78 Å². The van der Waals surface area contributed by atoms with Crippen LogP contribution in [0, 0.1) is 18.3 Å². The summed E-state index contributed by atoms with van der Waals surface area (Å²) in [5.41, 5.74) is 1.71. The first kappa shape index (κ1) is 14.9. The molecule has 0 heterocycles. The van der Waals surface area contributed by atoms with Crippen LogP contribution in [0.3, 0.4) is 0 Å². The van der Waals surface area contributed by atoms with Gasteiger partial charge in [-0.2, -0.15) is 5.26 Å². The topological polar surface area (TPSA) is 40.9 Å². The normalized spacial score (nSPS) is 13.7. The summed E-state index contributed by atoms with van der Waals surface area (Å²) in [4.78, 5) is 12.2. The Morgan fingerprint density at radius 1 is 1.50 bits per heavy atom. The molecule has 1 unspecified atom stereocenters. The van der Waals surface area contributed by atoms with Gasteiger partial charge < -0.3 is 0 Å². The van der Waals surface area contributed by atoms with Crippen LogP contribution in [0.15, 0.2) is 24.3 Å². The zero-order chi connectivity index (χ0) is 13.6. The van der Waals surface area contributed by atoms with Gasteiger partial charge in [0.05, 0.1) is 16.8 Å². The molecule has 0 amide bonds. The van der Waals surface area contributed by atoms with Crippen molar-refractivity contribution in [3.63, 3.8) is 0 Å². The Morgan fingerprint density at radius 3 is 2.78 bits per heavy atom. The fourth-order valence-electron chi connectivity index (χ4n) is 2.10. The molecule has 0 fully saturated rings. The van der Waals surface area contributed by atoms with Crippen LogP contribution in [0.25, 0.3) is 0 Å². The van der Waals surface area contributed by atoms with Crippen molar-refractivity contribution in [3.05, 3.63) is 35.4 Å². The number of alkyl halides is 1. The molecule has 2 nitrogen and oxygen atoms in total. The van der Waals surface area contributed by atoms with Crippen molar-refractivity contribution >= 4 is 21.7 Å². The third-order valence-corrected chi connectivity index (χ3v) is 3.87. The van der Waals surface area contributed by atoms with E-state index < -0.39 is 5.41 Å². The third kappa shape index (κ3) is 3.43. The van der Waals surface area contributed by atoms with E-state index in [1.807, 2.05) is 32.0 Å². The van der Waals surface area contributed by atoms with Gasteiger partial charge in [0.25, 0.3) is 0 Å². The molecule has 1 aromatic rings. The second kappa shape index (κ2) is 6.70. The molecule has 0 aliphatic rings. The summed E-state index contributed by atoms with van der Waals surface area (Å²) in [7, 11) is 0. The van der Waals surface area contributed by atoms with E-state index in [1.54, 1.807) is 0 Å². The van der Waals surface area contributed by atoms with Crippen LogP contribution in [0.1, 0.15) is 37.3 Å². The predicted molar refractivity (Wildman–Crippen MR) is 76.8 cm³/mol. The van der Waals surface area contributed by atoms with Gasteiger partial charge in [0, 0.05) is 6.42 Å². The Labute approximate surface area is 117 Å². The number of aryl methyl sites for hydroxylation is 1. The first-order chi connectivity index (χ1) is 8.54. The van der Waals surface area contributed by atoms with Gasteiger partial charge in [-0.05, 0) is 32.3 Å². The molecule has 0 spiro atoms. The van der Waals surface area contributed by atoms with Crippen molar-refractivity contribution in [1.82, 2.24) is 0 Å². The molecule has 0 N–H and O–H groups in total. The molecule has 0 aliphatic carbocycles. The molecule has 0 aromatic heterocycles. The summed E-state index contributed by atoms with van der Waals surface area (Å²) in [6, 6.07) is 10.2. The number of hydrogen-bond acceptors (Lipinski definition) is 2. The highest BCUT2D eigenvalue weighted by Crippen LogP contribution is 2.32. The van der Waals surface area contributed by atoms with Crippen LogP contribution in [-0.2, 0) is 10.2 Å². The number of carbonyl (C=O) groups is 1. The molecule has 18 heavy (non-hydrogen) atoms. The monoisotopic (exact) mass is 307 g/mol. The highest BCUT2D eigenvalue weighted by Gasteiger charge is 2.33. The lowest BCUT2D eigenvalue weighted by atomic mass is 9.75. The van der Waals surface area contributed by atoms with Crippen molar-refractivity contribution in [3.8, 4) is 6.07 Å². The number of halogens is 1. The number of hydrogen-bond donors (Lipinski definition) is 0. The SMILES string of the molecule is Cc1cccc(C(C)(CCCC#N)C(=O)CBr)c1. The molecule has 1 aromatic carbocycles. The molecule has 0 saturated heterocycles. The van der Waals surface area contributed by atoms with Crippen molar-refractivity contribution in [2.24, 2.45) is 0 Å². The van der Waals surface area contributed by atoms with E-state index in [2.05, 4.69) is 28.1 Å². The smallest absolute Gasteiger partial charge is 0.153 e. The van der Waals surface area contributed by atoms with Gasteiger partial charge in [0.1, 0.15) is 0 Å². The number of benzene rings is 1. The lowest BCUT2D eigenvalue weighted by Crippen LogP contribution is -2.33. The third-order valence-electron chi connectivity index (χ3n) is 3.36. The number of nitrogens with zero attached hydrogens (tertiary/aromatic N) is 1. The summed E-state index contributed by atoms with van der Waals surface area (Å²) < 4.78 is 0. The first-order valence-corrected chi connectivity index (χ1v) is 7.20. The van der Waals surface area contributed by atoms with Gasteiger partial charge >= 0.3 is 0 Å². The van der Waals surface area contributed by atoms with E-state index in [0.29, 0.717) is 18.2 Å². The van der Waals surface area contributed by atoms with E-state index in [-0.39, 0.29) is 5.78 Å². The molecule has 96 valence electrons. The predicted octanol–water partition coefficient (Wildman–Crippen LogP) is 3.91. The van der Waals surface area contributed by atoms with Gasteiger partial charge in [-0.25, -0.2) is 0 Å². The molecular weight excluding hydrogens is 290 g/mol. The molecule has 0 aliphatic heterocycles. The number of Topliss-reactive ketones (excluding diaryl/α,β-unsaturated/α-hetero) is 1. The second-order valence-corrected chi connectivity index (χ2v) is 5.33. The van der Waals surface area contributed by atoms with Gasteiger partial charge in [0.2, 0.25) is 0 Å². The van der Waals surface area contributed by atoms with Crippen LogP contribution >= 0.6 is 15.9 Å². The van der Waals surface area contributed by atoms with E-state index >= 15 is 0 Å². The van der Waals surface area contributed by atoms with Crippen molar-refractivity contribution in [2.75, 3.05) is 5.33 Å². The zero-order valence-corrected chi connectivity index (χ0v) is 12.5. The second-order valence-electron chi connectivity index (χ2n) is 4.77. The van der Waals surface area contributed by atoms with Crippen LogP contribution in [0.4, 0.5) is 0 Å². The summed E-state index contributed by atoms with van der Waals surface area (Å²) in [5, 5.41) is 8.98. The average molecular weight is 308 g/mol. The molecule has 0 bridgehead atoms. The van der Waals surface area contributed by atoms with E-state index in [9.17, 15) is 4.79 Å². The maximum absolute atomic E-state index is 12.2. The van der Waals surface area contributed by atoms with E-state index in [1.165, 1.54) is 0 Å². The van der Waals surface area contributed by atoms with E-state index in [4.69, 9.17) is 5.26 Å². The minimum atomic E-state index is -0.494. The quantitative estimate of drug-likeness (QED) is 0.590. The first-order valence-electron chi connectivity index (χ1n) is 6.08. The lowest BCUT2D eigenvalue weighted by molar-refractivity contribution is -0.121. The van der Waals surface area contributed by atoms with Crippen LogP contribution in [0.2, 0.25) is 0 Å². The van der Waals surface area contributed by atoms with Crippen LogP contribution < -0.4 is 0 Å². The van der Waals surface area contributed by atoms with Crippen LogP contribution in [-0.4, -0.2) is 11.1 Å². The van der Waals surface area contributed by atoms with Gasteiger partial charge in [-0.15, -0.1) is 0 Å². The Bertz CT molecular complexity index is 464. The Kier molecular flexibility index (Phi) is 5.55. The number of rotatable bonds is 6. The summed E-state index contributed by atoms with van der Waals surface area (Å²) in [5.74, 6) is 0.172. The maximum atomic E-state index is 12.2. The minimum absolute atomic E-state index is 0.172. The van der Waals surface area contributed by atoms with Crippen LogP contribution in [0.5, 0.6) is 0 Å². The van der Waals surface area contributed by atoms with Crippen molar-refractivity contribution in [1.29, 1.82) is 5.26 Å². The standard InChI is InChI=1S/C15H18BrNO/c1-12-6-5-7-13(10-12)15(2,14(18)11-16)8-3-4-9-17/h5-7,10H,3-4,8,11H2,1-2H3. The van der Waals surface area contributed by atoms with Gasteiger partial charge in [-0.1, -0.05) is 45.8 Å². The summed E-state index contributed by atoms with van der Waals surface area (Å²) in [6.07, 6.45) is 1.96. The number of ketones is 1. The highest BCUT2D eigenvalue weighted by atomic mass is 79.9. The Balaban J connectivity index is 3.04. The average Bonchev–Trinajstić information content (AvgIpc) is 2.37. The summed E-state index contributed by atoms with van der Waals surface area (Å²) in [6.45, 7) is 4.00. The molecule has 0 radical (unpaired) electrons. The molecule has 1 rings (SSSR count). The minimum Gasteiger partial charge on any atom is -0.298 e. The number of unbranched alkanes of at least 4 members (excludes halogenated alkanes) is 1. The van der Waals surface area contributed by atoms with Gasteiger partial charge in [-0.3, -0.25) is 4.79 Å². The highest BCUT2D eigenvalue weighted by molar-refractivity contribution is 9.09. The lowest BCUT2D eigenvalue weighted by Gasteiger charge is -2.28. The fraction of sp³-hybridized carbons (Fsp3) is 0.467. The van der Waals surface area contributed by atoms with Crippen molar-refractivity contribution in [2.45, 2.75) is 38.5 Å². The largest absolute Gasteiger partial charge is 0.298 e. The Morgan fingerprint density at radius 2 is 2.22 bits per heavy atom. The molecule has 1 atom stereocenters. The van der Waals surface area contributed by atoms with Crippen molar-refractivity contribution < 1.29 is 4.79 Å². The molecule has 3 heteroatoms. The fourth-order valence-corrected chi connectivity index (χ4v) is 2.72. The molecule has 0 saturated carbocycles. The maximum Gasteiger partial charge on any atom is 0.153 e. The Hall–Kier alpha value is -1.14. The zero-order valence-electron chi connectivity index (χ0n) is 10.9. The summed E-state index contributed by atoms with van der Waals surface area (Å²) >= 11 is 3.26. The number of nitriles is 1.